The molecule has 0 fully saturated rings. The van der Waals surface area contributed by atoms with Gasteiger partial charge in [0.2, 0.25) is 0 Å². The second kappa shape index (κ2) is 9.95. The third kappa shape index (κ3) is 5.28. The van der Waals surface area contributed by atoms with Gasteiger partial charge in [-0.05, 0) is 66.4 Å². The van der Waals surface area contributed by atoms with Crippen LogP contribution in [0.4, 0.5) is 0 Å². The Morgan fingerprint density at radius 1 is 0.970 bits per heavy atom. The number of carbonyl (C=O) groups is 1. The van der Waals surface area contributed by atoms with E-state index >= 15 is 0 Å². The molecular weight excluding hydrogens is 455 g/mol. The first-order chi connectivity index (χ1) is 15.9. The molecule has 164 valence electrons. The smallest absolute Gasteiger partial charge is 0.335 e. The Kier molecular flexibility index (Phi) is 6.84. The highest BCUT2D eigenvalue weighted by atomic mass is 35.5. The first-order valence-corrected chi connectivity index (χ1v) is 11.2. The lowest BCUT2D eigenvalue weighted by Gasteiger charge is -2.06. The van der Waals surface area contributed by atoms with Gasteiger partial charge in [0.25, 0.3) is 0 Å². The maximum atomic E-state index is 11.1. The largest absolute Gasteiger partial charge is 0.478 e. The lowest BCUT2D eigenvalue weighted by molar-refractivity contribution is 0.0697. The van der Waals surface area contributed by atoms with Crippen molar-refractivity contribution in [2.45, 2.75) is 19.4 Å². The Labute approximate surface area is 201 Å². The summed E-state index contributed by atoms with van der Waals surface area (Å²) in [6, 6.07) is 22.2. The molecule has 0 unspecified atom stereocenters. The fourth-order valence-electron chi connectivity index (χ4n) is 3.83. The number of allylic oxidation sites excluding steroid dienone is 1. The summed E-state index contributed by atoms with van der Waals surface area (Å²) in [5, 5.41) is 21.2. The summed E-state index contributed by atoms with van der Waals surface area (Å²) in [5.74, 6) is -0.998. The van der Waals surface area contributed by atoms with Gasteiger partial charge in [-0.3, -0.25) is 0 Å². The lowest BCUT2D eigenvalue weighted by atomic mass is 10.0. The normalized spacial score (nSPS) is 11.5. The number of nitriles is 1. The van der Waals surface area contributed by atoms with Crippen molar-refractivity contribution in [3.63, 3.8) is 0 Å². The van der Waals surface area contributed by atoms with Crippen LogP contribution in [0.2, 0.25) is 10.0 Å². The first kappa shape index (κ1) is 22.7. The number of carboxylic acid groups (broad SMARTS) is 1. The number of rotatable bonds is 7. The predicted octanol–water partition coefficient (Wildman–Crippen LogP) is 7.34. The van der Waals surface area contributed by atoms with E-state index in [0.29, 0.717) is 16.2 Å². The Balaban J connectivity index is 1.63. The average molecular weight is 475 g/mol. The standard InChI is InChI=1S/C27H20Cl2N2O2/c28-23-9-3-18(4-10-23)2-1-13-31-17-22(25-12-11-24(29)15-26(25)31)14-21(16-30)19-5-7-20(8-6-19)27(32)33/h3-12,14-15,17H,1-2,13H2,(H,32,33). The molecule has 0 saturated carbocycles. The SMILES string of the molecule is N#CC(=Cc1cn(CCCc2ccc(Cl)cc2)c2cc(Cl)ccc12)c1ccc(C(=O)O)cc1. The molecule has 0 saturated heterocycles. The van der Waals surface area contributed by atoms with Crippen LogP contribution in [-0.2, 0) is 13.0 Å². The lowest BCUT2D eigenvalue weighted by Crippen LogP contribution is -1.98. The molecule has 0 atom stereocenters. The van der Waals surface area contributed by atoms with E-state index in [9.17, 15) is 10.1 Å². The van der Waals surface area contributed by atoms with Gasteiger partial charge in [-0.15, -0.1) is 0 Å². The van der Waals surface area contributed by atoms with E-state index in [0.717, 1.165) is 40.9 Å². The van der Waals surface area contributed by atoms with Crippen molar-refractivity contribution < 1.29 is 9.90 Å². The van der Waals surface area contributed by atoms with Crippen LogP contribution in [0.5, 0.6) is 0 Å². The van der Waals surface area contributed by atoms with Crippen LogP contribution in [0.25, 0.3) is 22.6 Å². The number of aromatic carboxylic acids is 1. The molecule has 4 nitrogen and oxygen atoms in total. The second-order valence-electron chi connectivity index (χ2n) is 7.72. The van der Waals surface area contributed by atoms with Crippen molar-refractivity contribution in [2.24, 2.45) is 0 Å². The van der Waals surface area contributed by atoms with Gasteiger partial charge < -0.3 is 9.67 Å². The monoisotopic (exact) mass is 474 g/mol. The number of nitrogens with zero attached hydrogens (tertiary/aromatic N) is 2. The van der Waals surface area contributed by atoms with Crippen molar-refractivity contribution >= 4 is 51.7 Å². The third-order valence-corrected chi connectivity index (χ3v) is 6.00. The minimum Gasteiger partial charge on any atom is -0.478 e. The molecule has 0 aliphatic rings. The van der Waals surface area contributed by atoms with Crippen molar-refractivity contribution in [3.05, 3.63) is 105 Å². The summed E-state index contributed by atoms with van der Waals surface area (Å²) in [6.07, 6.45) is 5.72. The molecule has 0 spiro atoms. The highest BCUT2D eigenvalue weighted by Crippen LogP contribution is 2.29. The molecule has 1 heterocycles. The zero-order valence-electron chi connectivity index (χ0n) is 17.6. The molecule has 3 aromatic carbocycles. The van der Waals surface area contributed by atoms with E-state index in [2.05, 4.69) is 10.6 Å². The number of fused-ring (bicyclic) bond motifs is 1. The van der Waals surface area contributed by atoms with E-state index in [1.165, 1.54) is 17.7 Å². The van der Waals surface area contributed by atoms with Crippen LogP contribution in [-0.4, -0.2) is 15.6 Å². The summed E-state index contributed by atoms with van der Waals surface area (Å²) in [5.41, 5.74) is 4.45. The van der Waals surface area contributed by atoms with E-state index < -0.39 is 5.97 Å². The molecular formula is C27H20Cl2N2O2. The molecule has 0 aliphatic heterocycles. The van der Waals surface area contributed by atoms with Crippen LogP contribution in [0.3, 0.4) is 0 Å². The average Bonchev–Trinajstić information content (AvgIpc) is 3.15. The molecule has 4 rings (SSSR count). The number of hydrogen-bond donors (Lipinski definition) is 1. The minimum atomic E-state index is -0.998. The van der Waals surface area contributed by atoms with Gasteiger partial charge in [-0.1, -0.05) is 53.5 Å². The van der Waals surface area contributed by atoms with E-state index in [-0.39, 0.29) is 5.56 Å². The number of halogens is 2. The van der Waals surface area contributed by atoms with Crippen molar-refractivity contribution in [3.8, 4) is 6.07 Å². The summed E-state index contributed by atoms with van der Waals surface area (Å²) in [7, 11) is 0. The maximum Gasteiger partial charge on any atom is 0.335 e. The molecule has 1 aromatic heterocycles. The summed E-state index contributed by atoms with van der Waals surface area (Å²) < 4.78 is 2.16. The molecule has 33 heavy (non-hydrogen) atoms. The highest BCUT2D eigenvalue weighted by molar-refractivity contribution is 6.31. The van der Waals surface area contributed by atoms with Crippen LogP contribution < -0.4 is 0 Å². The van der Waals surface area contributed by atoms with E-state index in [4.69, 9.17) is 28.3 Å². The van der Waals surface area contributed by atoms with E-state index in [1.54, 1.807) is 12.1 Å². The van der Waals surface area contributed by atoms with Gasteiger partial charge in [-0.25, -0.2) is 4.79 Å². The van der Waals surface area contributed by atoms with Gasteiger partial charge in [0.05, 0.1) is 22.7 Å². The van der Waals surface area contributed by atoms with Crippen molar-refractivity contribution in [2.75, 3.05) is 0 Å². The zero-order valence-corrected chi connectivity index (χ0v) is 19.1. The minimum absolute atomic E-state index is 0.183. The van der Waals surface area contributed by atoms with Gasteiger partial charge in [-0.2, -0.15) is 5.26 Å². The first-order valence-electron chi connectivity index (χ1n) is 10.4. The Hall–Kier alpha value is -3.52. The molecule has 1 N–H and O–H groups in total. The quantitative estimate of drug-likeness (QED) is 0.284. The molecule has 0 aliphatic carbocycles. The van der Waals surface area contributed by atoms with Crippen LogP contribution in [0, 0.1) is 11.3 Å². The second-order valence-corrected chi connectivity index (χ2v) is 8.59. The number of aryl methyl sites for hydroxylation is 2. The van der Waals surface area contributed by atoms with Crippen molar-refractivity contribution in [1.29, 1.82) is 5.26 Å². The summed E-state index contributed by atoms with van der Waals surface area (Å²) in [4.78, 5) is 11.1. The molecule has 6 heteroatoms. The van der Waals surface area contributed by atoms with Gasteiger partial charge in [0.15, 0.2) is 0 Å². The van der Waals surface area contributed by atoms with Crippen molar-refractivity contribution in [1.82, 2.24) is 4.57 Å². The predicted molar refractivity (Wildman–Crippen MR) is 134 cm³/mol. The van der Waals surface area contributed by atoms with Crippen LogP contribution >= 0.6 is 23.2 Å². The van der Waals surface area contributed by atoms with Gasteiger partial charge >= 0.3 is 5.97 Å². The number of benzene rings is 3. The molecule has 4 aromatic rings. The fraction of sp³-hybridized carbons (Fsp3) is 0.111. The number of aromatic nitrogens is 1. The van der Waals surface area contributed by atoms with Crippen LogP contribution in [0.15, 0.2) is 72.9 Å². The third-order valence-electron chi connectivity index (χ3n) is 5.52. The maximum absolute atomic E-state index is 11.1. The number of carboxylic acids is 1. The Morgan fingerprint density at radius 3 is 2.30 bits per heavy atom. The highest BCUT2D eigenvalue weighted by Gasteiger charge is 2.11. The summed E-state index contributed by atoms with van der Waals surface area (Å²) >= 11 is 12.2. The molecule has 0 radical (unpaired) electrons. The van der Waals surface area contributed by atoms with E-state index in [1.807, 2.05) is 54.7 Å². The van der Waals surface area contributed by atoms with Gasteiger partial charge in [0.1, 0.15) is 0 Å². The fourth-order valence-corrected chi connectivity index (χ4v) is 4.12. The Morgan fingerprint density at radius 2 is 1.64 bits per heavy atom. The van der Waals surface area contributed by atoms with Crippen LogP contribution in [0.1, 0.15) is 33.5 Å². The molecule has 0 amide bonds. The Bertz CT molecular complexity index is 1380. The summed E-state index contributed by atoms with van der Waals surface area (Å²) in [6.45, 7) is 0.794. The van der Waals surface area contributed by atoms with Gasteiger partial charge in [0, 0.05) is 33.7 Å². The molecule has 0 bridgehead atoms. The number of hydrogen-bond acceptors (Lipinski definition) is 2. The zero-order chi connectivity index (χ0) is 23.4. The topological polar surface area (TPSA) is 66.0 Å².